The van der Waals surface area contributed by atoms with E-state index in [-0.39, 0.29) is 32.2 Å². The predicted octanol–water partition coefficient (Wildman–Crippen LogP) is 4.44. The minimum Gasteiger partial charge on any atom is -0.406 e. The normalized spacial score (nSPS) is 11.9. The molecule has 0 fully saturated rings. The number of thiol groups is 1. The van der Waals surface area contributed by atoms with Gasteiger partial charge in [-0.15, -0.1) is 25.8 Å². The lowest BCUT2D eigenvalue weighted by Crippen LogP contribution is -2.17. The summed E-state index contributed by atoms with van der Waals surface area (Å²) in [5.41, 5.74) is 0.295. The van der Waals surface area contributed by atoms with E-state index in [9.17, 15) is 31.2 Å². The Morgan fingerprint density at radius 1 is 0.897 bits per heavy atom. The number of hydrogen-bond acceptors (Lipinski definition) is 7. The van der Waals surface area contributed by atoms with Crippen LogP contribution >= 0.6 is 34.2 Å². The van der Waals surface area contributed by atoms with Crippen molar-refractivity contribution in [2.75, 3.05) is 11.5 Å². The molecule has 0 saturated carbocycles. The highest BCUT2D eigenvalue weighted by Crippen LogP contribution is 2.27. The number of alkyl halides is 3. The van der Waals surface area contributed by atoms with E-state index in [0.29, 0.717) is 5.56 Å². The number of benzene rings is 2. The molecule has 0 radical (unpaired) electrons. The molecule has 0 saturated heterocycles. The fourth-order valence-electron chi connectivity index (χ4n) is 2.05. The van der Waals surface area contributed by atoms with Gasteiger partial charge in [-0.1, -0.05) is 33.7 Å². The molecule has 29 heavy (non-hydrogen) atoms. The van der Waals surface area contributed by atoms with Gasteiger partial charge in [0, 0.05) is 5.56 Å². The van der Waals surface area contributed by atoms with Gasteiger partial charge in [0.1, 0.15) is 5.75 Å². The van der Waals surface area contributed by atoms with Crippen molar-refractivity contribution in [2.24, 2.45) is 0 Å². The molecule has 0 bridgehead atoms. The molecule has 0 aliphatic heterocycles. The number of rotatable bonds is 9. The van der Waals surface area contributed by atoms with Gasteiger partial charge >= 0.3 is 6.36 Å². The standard InChI is InChI=1S/C17H13F3O5S4/c18-17(19,20)25-12-3-7-14(8-4-12)29(23,24)13-5-1-11(2-6-13)15(21)9-27-28-10-16(22)26/h1-8H,9-10H2,(H,22,26). The van der Waals surface area contributed by atoms with E-state index in [2.05, 4.69) is 17.4 Å². The Morgan fingerprint density at radius 2 is 1.38 bits per heavy atom. The first-order chi connectivity index (χ1) is 13.5. The van der Waals surface area contributed by atoms with Crippen LogP contribution in [0.25, 0.3) is 0 Å². The fraction of sp³-hybridized carbons (Fsp3) is 0.176. The summed E-state index contributed by atoms with van der Waals surface area (Å²) in [5, 5.41) is -0.303. The topological polar surface area (TPSA) is 77.5 Å². The van der Waals surface area contributed by atoms with E-state index in [1.54, 1.807) is 0 Å². The summed E-state index contributed by atoms with van der Waals surface area (Å²) < 4.78 is 65.5. The molecule has 0 amide bonds. The molecule has 0 aromatic heterocycles. The van der Waals surface area contributed by atoms with Crippen LogP contribution in [0.15, 0.2) is 58.3 Å². The average molecular weight is 483 g/mol. The summed E-state index contributed by atoms with van der Waals surface area (Å²) in [6.07, 6.45) is -4.87. The SMILES string of the molecule is O=C(S)CSSCC(=O)c1ccc(S(=O)(=O)c2ccc(OC(F)(F)F)cc2)cc1. The summed E-state index contributed by atoms with van der Waals surface area (Å²) in [5.74, 6) is -0.525. The highest BCUT2D eigenvalue weighted by atomic mass is 33.1. The molecular formula is C17H13F3O5S4. The van der Waals surface area contributed by atoms with Gasteiger partial charge in [0.2, 0.25) is 9.84 Å². The van der Waals surface area contributed by atoms with Gasteiger partial charge < -0.3 is 4.74 Å². The largest absolute Gasteiger partial charge is 0.573 e. The van der Waals surface area contributed by atoms with E-state index in [1.165, 1.54) is 45.9 Å². The Hall–Kier alpha value is -1.63. The molecule has 0 N–H and O–H groups in total. The molecule has 0 atom stereocenters. The van der Waals surface area contributed by atoms with E-state index < -0.39 is 21.9 Å². The zero-order chi connectivity index (χ0) is 21.7. The zero-order valence-corrected chi connectivity index (χ0v) is 17.7. The molecular weight excluding hydrogens is 469 g/mol. The number of halogens is 3. The highest BCUT2D eigenvalue weighted by molar-refractivity contribution is 8.77. The van der Waals surface area contributed by atoms with Crippen molar-refractivity contribution in [3.05, 3.63) is 54.1 Å². The van der Waals surface area contributed by atoms with Crippen LogP contribution in [0.1, 0.15) is 10.4 Å². The number of Topliss-reactive ketones (excluding diaryl/α,β-unsaturated/α-hetero) is 1. The zero-order valence-electron chi connectivity index (χ0n) is 14.4. The number of carbonyl (C=O) groups is 2. The average Bonchev–Trinajstić information content (AvgIpc) is 2.64. The molecule has 2 aromatic carbocycles. The van der Waals surface area contributed by atoms with Crippen LogP contribution in [0.4, 0.5) is 13.2 Å². The van der Waals surface area contributed by atoms with E-state index in [4.69, 9.17) is 0 Å². The smallest absolute Gasteiger partial charge is 0.406 e. The third-order valence-corrected chi connectivity index (χ3v) is 7.60. The summed E-state index contributed by atoms with van der Waals surface area (Å²) in [6.45, 7) is 0. The molecule has 0 spiro atoms. The molecule has 12 heteroatoms. The number of ketones is 1. The third-order valence-electron chi connectivity index (χ3n) is 3.31. The maximum absolute atomic E-state index is 12.6. The maximum atomic E-state index is 12.6. The lowest BCUT2D eigenvalue weighted by molar-refractivity contribution is -0.274. The van der Waals surface area contributed by atoms with Gasteiger partial charge in [0.25, 0.3) is 0 Å². The van der Waals surface area contributed by atoms with Crippen LogP contribution < -0.4 is 4.74 Å². The summed E-state index contributed by atoms with van der Waals surface area (Å²) in [4.78, 5) is 22.5. The lowest BCUT2D eigenvalue weighted by atomic mass is 10.1. The third kappa shape index (κ3) is 7.28. The second-order valence-electron chi connectivity index (χ2n) is 5.39. The molecule has 0 aliphatic rings. The predicted molar refractivity (Wildman–Crippen MR) is 108 cm³/mol. The van der Waals surface area contributed by atoms with Gasteiger partial charge in [-0.3, -0.25) is 9.59 Å². The van der Waals surface area contributed by atoms with E-state index in [1.807, 2.05) is 0 Å². The minimum atomic E-state index is -4.87. The first-order valence-electron chi connectivity index (χ1n) is 7.69. The lowest BCUT2D eigenvalue weighted by Gasteiger charge is -2.10. The summed E-state index contributed by atoms with van der Waals surface area (Å²) >= 11 is 3.61. The van der Waals surface area contributed by atoms with Gasteiger partial charge in [-0.25, -0.2) is 8.42 Å². The van der Waals surface area contributed by atoms with E-state index in [0.717, 1.165) is 24.3 Å². The van der Waals surface area contributed by atoms with E-state index >= 15 is 0 Å². The Labute approximate surface area is 178 Å². The first-order valence-corrected chi connectivity index (χ1v) is 12.1. The first kappa shape index (κ1) is 23.6. The van der Waals surface area contributed by atoms with Crippen LogP contribution in [0.2, 0.25) is 0 Å². The Bertz CT molecular complexity index is 972. The van der Waals surface area contributed by atoms with Crippen LogP contribution in [-0.4, -0.2) is 37.2 Å². The second-order valence-corrected chi connectivity index (χ2v) is 10.3. The number of carbonyl (C=O) groups excluding carboxylic acids is 2. The monoisotopic (exact) mass is 482 g/mol. The van der Waals surface area contributed by atoms with Crippen molar-refractivity contribution in [1.82, 2.24) is 0 Å². The van der Waals surface area contributed by atoms with Gasteiger partial charge in [0.05, 0.1) is 21.3 Å². The van der Waals surface area contributed by atoms with Crippen molar-refractivity contribution in [2.45, 2.75) is 16.2 Å². The number of hydrogen-bond donors (Lipinski definition) is 1. The van der Waals surface area contributed by atoms with Crippen molar-refractivity contribution in [1.29, 1.82) is 0 Å². The number of sulfone groups is 1. The fourth-order valence-corrected chi connectivity index (χ4v) is 5.45. The minimum absolute atomic E-state index is 0.0957. The van der Waals surface area contributed by atoms with Gasteiger partial charge in [-0.2, -0.15) is 0 Å². The van der Waals surface area contributed by atoms with Crippen molar-refractivity contribution < 1.29 is 35.9 Å². The Balaban J connectivity index is 2.07. The Kier molecular flexibility index (Phi) is 8.09. The van der Waals surface area contributed by atoms with Crippen molar-refractivity contribution >= 4 is 55.0 Å². The van der Waals surface area contributed by atoms with Crippen molar-refractivity contribution in [3.63, 3.8) is 0 Å². The van der Waals surface area contributed by atoms with Crippen LogP contribution in [0.3, 0.4) is 0 Å². The van der Waals surface area contributed by atoms with Crippen molar-refractivity contribution in [3.8, 4) is 5.75 Å². The quantitative estimate of drug-likeness (QED) is 0.245. The molecule has 2 rings (SSSR count). The summed E-state index contributed by atoms with van der Waals surface area (Å²) in [6, 6.07) is 9.02. The van der Waals surface area contributed by atoms with Gasteiger partial charge in [0.15, 0.2) is 10.9 Å². The molecule has 0 unspecified atom stereocenters. The molecule has 0 heterocycles. The summed E-state index contributed by atoms with van der Waals surface area (Å²) in [7, 11) is -1.61. The van der Waals surface area contributed by atoms with Gasteiger partial charge in [-0.05, 0) is 36.4 Å². The molecule has 2 aromatic rings. The highest BCUT2D eigenvalue weighted by Gasteiger charge is 2.31. The Morgan fingerprint density at radius 3 is 1.86 bits per heavy atom. The second kappa shape index (κ2) is 9.92. The number of ether oxygens (including phenoxy) is 1. The van der Waals surface area contributed by atoms with Crippen LogP contribution in [0.5, 0.6) is 5.75 Å². The molecule has 0 aliphatic carbocycles. The van der Waals surface area contributed by atoms with Crippen LogP contribution in [0, 0.1) is 0 Å². The van der Waals surface area contributed by atoms with Crippen LogP contribution in [-0.2, 0) is 14.6 Å². The molecule has 5 nitrogen and oxygen atoms in total. The maximum Gasteiger partial charge on any atom is 0.573 e. The molecule has 156 valence electrons.